The lowest BCUT2D eigenvalue weighted by Gasteiger charge is -2.16. The Hall–Kier alpha value is -0.620. The standard InChI is InChI=1S/C11H17BrN2O2/c1-15-7-9(14-13)5-8-6-10(16-2)3-4-11(8)12/h3-4,6,9,14H,5,7,13H2,1-2H3. The molecular weight excluding hydrogens is 272 g/mol. The van der Waals surface area contributed by atoms with Crippen molar-refractivity contribution in [2.45, 2.75) is 12.5 Å². The number of nitrogens with one attached hydrogen (secondary N) is 1. The molecule has 0 aliphatic rings. The minimum Gasteiger partial charge on any atom is -0.497 e. The summed E-state index contributed by atoms with van der Waals surface area (Å²) in [5.74, 6) is 6.29. The van der Waals surface area contributed by atoms with E-state index in [4.69, 9.17) is 15.3 Å². The van der Waals surface area contributed by atoms with Crippen LogP contribution in [0.2, 0.25) is 0 Å². The highest BCUT2D eigenvalue weighted by atomic mass is 79.9. The maximum atomic E-state index is 5.45. The van der Waals surface area contributed by atoms with Crippen LogP contribution in [0.4, 0.5) is 0 Å². The average Bonchev–Trinajstić information content (AvgIpc) is 2.31. The van der Waals surface area contributed by atoms with Crippen LogP contribution in [0.15, 0.2) is 22.7 Å². The van der Waals surface area contributed by atoms with Crippen LogP contribution >= 0.6 is 15.9 Å². The zero-order valence-electron chi connectivity index (χ0n) is 9.50. The van der Waals surface area contributed by atoms with Gasteiger partial charge in [0.1, 0.15) is 5.75 Å². The lowest BCUT2D eigenvalue weighted by molar-refractivity contribution is 0.166. The van der Waals surface area contributed by atoms with E-state index in [0.717, 1.165) is 22.2 Å². The number of hydrogen-bond donors (Lipinski definition) is 2. The molecule has 1 aromatic rings. The number of nitrogens with two attached hydrogens (primary N) is 1. The van der Waals surface area contributed by atoms with Gasteiger partial charge in [-0.15, -0.1) is 0 Å². The summed E-state index contributed by atoms with van der Waals surface area (Å²) in [4.78, 5) is 0. The second kappa shape index (κ2) is 6.85. The van der Waals surface area contributed by atoms with E-state index in [1.54, 1.807) is 14.2 Å². The third kappa shape index (κ3) is 3.75. The molecule has 0 aliphatic carbocycles. The monoisotopic (exact) mass is 288 g/mol. The van der Waals surface area contributed by atoms with Gasteiger partial charge in [0.15, 0.2) is 0 Å². The normalized spacial score (nSPS) is 12.5. The van der Waals surface area contributed by atoms with Crippen molar-refractivity contribution in [1.82, 2.24) is 5.43 Å². The molecule has 4 nitrogen and oxygen atoms in total. The summed E-state index contributed by atoms with van der Waals surface area (Å²) in [6, 6.07) is 5.96. The minimum atomic E-state index is 0.0911. The summed E-state index contributed by atoms with van der Waals surface area (Å²) >= 11 is 3.50. The molecule has 0 bridgehead atoms. The SMILES string of the molecule is COCC(Cc1cc(OC)ccc1Br)NN. The van der Waals surface area contributed by atoms with Crippen molar-refractivity contribution in [1.29, 1.82) is 0 Å². The molecule has 0 heterocycles. The molecule has 0 spiro atoms. The number of hydrazine groups is 1. The van der Waals surface area contributed by atoms with Gasteiger partial charge in [-0.25, -0.2) is 0 Å². The Morgan fingerprint density at radius 1 is 1.44 bits per heavy atom. The zero-order chi connectivity index (χ0) is 12.0. The van der Waals surface area contributed by atoms with E-state index in [9.17, 15) is 0 Å². The van der Waals surface area contributed by atoms with Crippen LogP contribution in [0, 0.1) is 0 Å². The van der Waals surface area contributed by atoms with E-state index in [0.29, 0.717) is 6.61 Å². The van der Waals surface area contributed by atoms with Gasteiger partial charge in [0.25, 0.3) is 0 Å². The summed E-state index contributed by atoms with van der Waals surface area (Å²) in [5, 5.41) is 0. The van der Waals surface area contributed by atoms with Crippen LogP contribution in [-0.2, 0) is 11.2 Å². The molecular formula is C11H17BrN2O2. The largest absolute Gasteiger partial charge is 0.497 e. The van der Waals surface area contributed by atoms with Gasteiger partial charge >= 0.3 is 0 Å². The van der Waals surface area contributed by atoms with Crippen molar-refractivity contribution in [2.75, 3.05) is 20.8 Å². The van der Waals surface area contributed by atoms with Gasteiger partial charge in [0, 0.05) is 17.6 Å². The first-order valence-electron chi connectivity index (χ1n) is 4.98. The topological polar surface area (TPSA) is 56.5 Å². The number of hydrogen-bond acceptors (Lipinski definition) is 4. The summed E-state index contributed by atoms with van der Waals surface area (Å²) < 4.78 is 11.3. The lowest BCUT2D eigenvalue weighted by Crippen LogP contribution is -2.40. The molecule has 0 fully saturated rings. The number of methoxy groups -OCH3 is 2. The van der Waals surface area contributed by atoms with Gasteiger partial charge in [-0.1, -0.05) is 15.9 Å². The van der Waals surface area contributed by atoms with Gasteiger partial charge in [-0.3, -0.25) is 11.3 Å². The van der Waals surface area contributed by atoms with E-state index >= 15 is 0 Å². The molecule has 0 aromatic heterocycles. The predicted octanol–water partition coefficient (Wildman–Crippen LogP) is 1.48. The summed E-state index contributed by atoms with van der Waals surface area (Å²) in [5.41, 5.74) is 3.87. The Morgan fingerprint density at radius 3 is 2.75 bits per heavy atom. The molecule has 1 rings (SSSR count). The van der Waals surface area contributed by atoms with Crippen molar-refractivity contribution in [2.24, 2.45) is 5.84 Å². The highest BCUT2D eigenvalue weighted by Gasteiger charge is 2.10. The fourth-order valence-electron chi connectivity index (χ4n) is 1.47. The molecule has 5 heteroatoms. The van der Waals surface area contributed by atoms with Crippen LogP contribution in [0.1, 0.15) is 5.56 Å². The Bertz CT molecular complexity index is 334. The molecule has 0 saturated carbocycles. The summed E-state index contributed by atoms with van der Waals surface area (Å²) in [6.07, 6.45) is 0.780. The molecule has 1 unspecified atom stereocenters. The summed E-state index contributed by atoms with van der Waals surface area (Å²) in [7, 11) is 3.31. The second-order valence-electron chi connectivity index (χ2n) is 3.48. The van der Waals surface area contributed by atoms with E-state index < -0.39 is 0 Å². The highest BCUT2D eigenvalue weighted by Crippen LogP contribution is 2.23. The van der Waals surface area contributed by atoms with Crippen molar-refractivity contribution in [3.8, 4) is 5.75 Å². The lowest BCUT2D eigenvalue weighted by atomic mass is 10.1. The van der Waals surface area contributed by atoms with Crippen LogP contribution in [0.5, 0.6) is 5.75 Å². The first kappa shape index (κ1) is 13.4. The maximum absolute atomic E-state index is 5.45. The van der Waals surface area contributed by atoms with Crippen LogP contribution in [-0.4, -0.2) is 26.9 Å². The predicted molar refractivity (Wildman–Crippen MR) is 67.4 cm³/mol. The van der Waals surface area contributed by atoms with Crippen molar-refractivity contribution >= 4 is 15.9 Å². The first-order valence-corrected chi connectivity index (χ1v) is 5.78. The van der Waals surface area contributed by atoms with E-state index in [1.165, 1.54) is 0 Å². The van der Waals surface area contributed by atoms with Crippen LogP contribution < -0.4 is 16.0 Å². The molecule has 16 heavy (non-hydrogen) atoms. The van der Waals surface area contributed by atoms with Gasteiger partial charge in [-0.2, -0.15) is 0 Å². The average molecular weight is 289 g/mol. The minimum absolute atomic E-state index is 0.0911. The number of halogens is 1. The van der Waals surface area contributed by atoms with Crippen LogP contribution in [0.3, 0.4) is 0 Å². The van der Waals surface area contributed by atoms with Gasteiger partial charge in [0.05, 0.1) is 13.7 Å². The molecule has 3 N–H and O–H groups in total. The third-order valence-electron chi connectivity index (χ3n) is 2.32. The fourth-order valence-corrected chi connectivity index (χ4v) is 1.88. The molecule has 0 aliphatic heterocycles. The fraction of sp³-hybridized carbons (Fsp3) is 0.455. The number of benzene rings is 1. The summed E-state index contributed by atoms with van der Waals surface area (Å²) in [6.45, 7) is 0.570. The molecule has 90 valence electrons. The first-order chi connectivity index (χ1) is 7.71. The highest BCUT2D eigenvalue weighted by molar-refractivity contribution is 9.10. The Morgan fingerprint density at radius 2 is 2.19 bits per heavy atom. The van der Waals surface area contributed by atoms with Gasteiger partial charge in [-0.05, 0) is 30.2 Å². The number of rotatable bonds is 6. The zero-order valence-corrected chi connectivity index (χ0v) is 11.1. The van der Waals surface area contributed by atoms with Gasteiger partial charge < -0.3 is 9.47 Å². The van der Waals surface area contributed by atoms with Crippen molar-refractivity contribution in [3.05, 3.63) is 28.2 Å². The molecule has 0 amide bonds. The van der Waals surface area contributed by atoms with Crippen molar-refractivity contribution in [3.63, 3.8) is 0 Å². The molecule has 0 radical (unpaired) electrons. The van der Waals surface area contributed by atoms with E-state index in [2.05, 4.69) is 21.4 Å². The number of ether oxygens (including phenoxy) is 2. The maximum Gasteiger partial charge on any atom is 0.119 e. The molecule has 1 aromatic carbocycles. The molecule has 1 atom stereocenters. The Balaban J connectivity index is 2.77. The smallest absolute Gasteiger partial charge is 0.119 e. The second-order valence-corrected chi connectivity index (χ2v) is 4.33. The molecule has 0 saturated heterocycles. The quantitative estimate of drug-likeness (QED) is 0.615. The van der Waals surface area contributed by atoms with Crippen molar-refractivity contribution < 1.29 is 9.47 Å². The third-order valence-corrected chi connectivity index (χ3v) is 3.10. The Kier molecular flexibility index (Phi) is 5.76. The van der Waals surface area contributed by atoms with E-state index in [1.807, 2.05) is 18.2 Å². The van der Waals surface area contributed by atoms with Crippen LogP contribution in [0.25, 0.3) is 0 Å². The Labute approximate surface area is 104 Å². The van der Waals surface area contributed by atoms with Gasteiger partial charge in [0.2, 0.25) is 0 Å². The van der Waals surface area contributed by atoms with E-state index in [-0.39, 0.29) is 6.04 Å².